The van der Waals surface area contributed by atoms with E-state index < -0.39 is 0 Å². The molecule has 0 bridgehead atoms. The van der Waals surface area contributed by atoms with Crippen molar-refractivity contribution in [2.24, 2.45) is 5.41 Å². The van der Waals surface area contributed by atoms with Crippen molar-refractivity contribution in [2.75, 3.05) is 14.1 Å². The quantitative estimate of drug-likeness (QED) is 0.0507. The predicted molar refractivity (Wildman–Crippen MR) is 236 cm³/mol. The Bertz CT molecular complexity index is 858. The maximum Gasteiger partial charge on any atom is 0.169 e. The number of ether oxygens (including phenoxy) is 2. The van der Waals surface area contributed by atoms with Gasteiger partial charge in [-0.3, -0.25) is 0 Å². The molecule has 3 aliphatic rings. The molecule has 1 aliphatic heterocycles. The van der Waals surface area contributed by atoms with Gasteiger partial charge in [-0.1, -0.05) is 167 Å². The van der Waals surface area contributed by atoms with Crippen LogP contribution in [0.4, 0.5) is 0 Å². The van der Waals surface area contributed by atoms with Crippen molar-refractivity contribution < 1.29 is 9.47 Å². The number of fused-ring (bicyclic) bond motifs is 1. The fraction of sp³-hybridized carbons (Fsp3) is 0.920. The standard InChI is InChI=1S/C50H94N2O2/c1-5-7-9-11-13-15-17-19-21-23-25-27-29-31-33-35-37-49(38-36-34-32-30-28-26-24-22-20-18-16-14-12-10-8-6-2)39-41-50(42-40-49)53-47-43-45(51-3)46(52-4)44-48(47)54-50/h13-16,45-48,51-52H,5-12,17-44H2,1-4H3/b15-13-,16-14-/t45-,46+,47+,48?/m0/s1. The van der Waals surface area contributed by atoms with Gasteiger partial charge in [-0.25, -0.2) is 0 Å². The molecule has 1 saturated heterocycles. The molecule has 54 heavy (non-hydrogen) atoms. The van der Waals surface area contributed by atoms with Crippen LogP contribution in [0.5, 0.6) is 0 Å². The number of likely N-dealkylation sites (N-methyl/N-ethyl adjacent to an activating group) is 2. The maximum atomic E-state index is 6.89. The van der Waals surface area contributed by atoms with Gasteiger partial charge in [0.15, 0.2) is 5.79 Å². The van der Waals surface area contributed by atoms with Crippen LogP contribution in [0.15, 0.2) is 24.3 Å². The Balaban J connectivity index is 1.30. The minimum Gasteiger partial charge on any atom is -0.344 e. The lowest BCUT2D eigenvalue weighted by Crippen LogP contribution is -2.54. The van der Waals surface area contributed by atoms with E-state index in [4.69, 9.17) is 9.47 Å². The van der Waals surface area contributed by atoms with Crippen LogP contribution < -0.4 is 10.6 Å². The summed E-state index contributed by atoms with van der Waals surface area (Å²) in [5, 5.41) is 7.09. The summed E-state index contributed by atoms with van der Waals surface area (Å²) in [6.07, 6.45) is 59.0. The first-order valence-electron chi connectivity index (χ1n) is 24.6. The molecule has 316 valence electrons. The minimum absolute atomic E-state index is 0.258. The topological polar surface area (TPSA) is 42.5 Å². The van der Waals surface area contributed by atoms with E-state index >= 15 is 0 Å². The van der Waals surface area contributed by atoms with Crippen LogP contribution in [0.2, 0.25) is 0 Å². The monoisotopic (exact) mass is 755 g/mol. The van der Waals surface area contributed by atoms with E-state index in [1.165, 1.54) is 205 Å². The second kappa shape index (κ2) is 30.4. The zero-order valence-corrected chi connectivity index (χ0v) is 36.9. The third-order valence-corrected chi connectivity index (χ3v) is 13.9. The van der Waals surface area contributed by atoms with Gasteiger partial charge < -0.3 is 20.1 Å². The molecule has 1 heterocycles. The van der Waals surface area contributed by atoms with Crippen LogP contribution in [0.25, 0.3) is 0 Å². The maximum absolute atomic E-state index is 6.89. The summed E-state index contributed by atoms with van der Waals surface area (Å²) in [7, 11) is 4.20. The average Bonchev–Trinajstić information content (AvgIpc) is 3.54. The van der Waals surface area contributed by atoms with E-state index in [9.17, 15) is 0 Å². The zero-order valence-electron chi connectivity index (χ0n) is 36.9. The average molecular weight is 755 g/mol. The minimum atomic E-state index is -0.310. The molecule has 2 aliphatic carbocycles. The Labute approximate surface area is 338 Å². The molecule has 1 spiro atoms. The summed E-state index contributed by atoms with van der Waals surface area (Å²) in [6.45, 7) is 4.58. The first-order valence-corrected chi connectivity index (χ1v) is 24.6. The Hall–Kier alpha value is -0.680. The second-order valence-corrected chi connectivity index (χ2v) is 18.4. The molecular weight excluding hydrogens is 661 g/mol. The lowest BCUT2D eigenvalue weighted by atomic mass is 9.66. The van der Waals surface area contributed by atoms with Gasteiger partial charge in [0.05, 0.1) is 12.2 Å². The van der Waals surface area contributed by atoms with Crippen LogP contribution in [0.1, 0.15) is 245 Å². The van der Waals surface area contributed by atoms with Gasteiger partial charge in [-0.05, 0) is 109 Å². The van der Waals surface area contributed by atoms with Crippen molar-refractivity contribution >= 4 is 0 Å². The Morgan fingerprint density at radius 1 is 0.426 bits per heavy atom. The molecule has 0 amide bonds. The zero-order chi connectivity index (χ0) is 38.4. The van der Waals surface area contributed by atoms with E-state index in [1.807, 2.05) is 0 Å². The van der Waals surface area contributed by atoms with Crippen LogP contribution >= 0.6 is 0 Å². The largest absolute Gasteiger partial charge is 0.344 e. The smallest absolute Gasteiger partial charge is 0.169 e. The summed E-state index contributed by atoms with van der Waals surface area (Å²) in [5.41, 5.74) is 0.516. The highest BCUT2D eigenvalue weighted by Crippen LogP contribution is 2.53. The van der Waals surface area contributed by atoms with Gasteiger partial charge in [0, 0.05) is 24.9 Å². The van der Waals surface area contributed by atoms with Gasteiger partial charge in [0.1, 0.15) is 0 Å². The molecule has 1 unspecified atom stereocenters. The van der Waals surface area contributed by atoms with Gasteiger partial charge in [-0.2, -0.15) is 0 Å². The van der Waals surface area contributed by atoms with E-state index in [0.29, 0.717) is 17.5 Å². The van der Waals surface area contributed by atoms with Crippen molar-refractivity contribution in [1.29, 1.82) is 0 Å². The highest BCUT2D eigenvalue weighted by molar-refractivity contribution is 5.01. The molecule has 4 heteroatoms. The fourth-order valence-electron chi connectivity index (χ4n) is 10.1. The van der Waals surface area contributed by atoms with Crippen LogP contribution in [0.3, 0.4) is 0 Å². The third kappa shape index (κ3) is 19.7. The Morgan fingerprint density at radius 2 is 0.741 bits per heavy atom. The predicted octanol–water partition coefficient (Wildman–Crippen LogP) is 14.9. The molecule has 0 aromatic carbocycles. The molecule has 2 saturated carbocycles. The lowest BCUT2D eigenvalue weighted by molar-refractivity contribution is -0.208. The summed E-state index contributed by atoms with van der Waals surface area (Å²) in [5.74, 6) is -0.310. The van der Waals surface area contributed by atoms with E-state index in [1.54, 1.807) is 0 Å². The van der Waals surface area contributed by atoms with E-state index in [0.717, 1.165) is 25.7 Å². The van der Waals surface area contributed by atoms with E-state index in [-0.39, 0.29) is 18.0 Å². The lowest BCUT2D eigenvalue weighted by Gasteiger charge is -2.44. The number of allylic oxidation sites excluding steroid dienone is 4. The molecular formula is C50H94N2O2. The van der Waals surface area contributed by atoms with Gasteiger partial charge in [0.2, 0.25) is 0 Å². The summed E-state index contributed by atoms with van der Waals surface area (Å²) >= 11 is 0. The van der Waals surface area contributed by atoms with Crippen LogP contribution in [-0.4, -0.2) is 44.2 Å². The van der Waals surface area contributed by atoms with Crippen molar-refractivity contribution in [3.8, 4) is 0 Å². The molecule has 4 nitrogen and oxygen atoms in total. The molecule has 3 fully saturated rings. The van der Waals surface area contributed by atoms with E-state index in [2.05, 4.69) is 62.9 Å². The Morgan fingerprint density at radius 3 is 1.07 bits per heavy atom. The number of unbranched alkanes of at least 4 members (excludes halogenated alkanes) is 24. The van der Waals surface area contributed by atoms with Gasteiger partial charge in [-0.15, -0.1) is 0 Å². The number of rotatable bonds is 34. The molecule has 0 aromatic rings. The normalized spacial score (nSPS) is 23.6. The van der Waals surface area contributed by atoms with Gasteiger partial charge >= 0.3 is 0 Å². The number of nitrogens with one attached hydrogen (secondary N) is 2. The number of hydrogen-bond acceptors (Lipinski definition) is 4. The van der Waals surface area contributed by atoms with Crippen molar-refractivity contribution in [3.63, 3.8) is 0 Å². The van der Waals surface area contributed by atoms with Crippen molar-refractivity contribution in [3.05, 3.63) is 24.3 Å². The molecule has 0 radical (unpaired) electrons. The molecule has 0 aromatic heterocycles. The molecule has 3 rings (SSSR count). The molecule has 2 N–H and O–H groups in total. The first-order chi connectivity index (χ1) is 26.6. The molecule has 4 atom stereocenters. The summed E-state index contributed by atoms with van der Waals surface area (Å²) in [4.78, 5) is 0. The third-order valence-electron chi connectivity index (χ3n) is 13.9. The Kier molecular flexibility index (Phi) is 26.9. The highest BCUT2D eigenvalue weighted by atomic mass is 16.8. The van der Waals surface area contributed by atoms with Crippen molar-refractivity contribution in [2.45, 2.75) is 275 Å². The van der Waals surface area contributed by atoms with Crippen LogP contribution in [0, 0.1) is 5.41 Å². The first kappa shape index (κ1) is 47.7. The second-order valence-electron chi connectivity index (χ2n) is 18.4. The fourth-order valence-corrected chi connectivity index (χ4v) is 10.1. The van der Waals surface area contributed by atoms with Crippen molar-refractivity contribution in [1.82, 2.24) is 10.6 Å². The SMILES string of the molecule is CCCCC/C=C\CCCCCCCCCCCC1(CCCCCCCCCCC/C=C\CCCCC)CCC2(CC1)OC1C[C@@H](NC)[C@@H](NC)C[C@H]1O2. The number of hydrogen-bond donors (Lipinski definition) is 2. The summed E-state index contributed by atoms with van der Waals surface area (Å²) < 4.78 is 13.8. The summed E-state index contributed by atoms with van der Waals surface area (Å²) in [6, 6.07) is 0.940. The van der Waals surface area contributed by atoms with Gasteiger partial charge in [0.25, 0.3) is 0 Å². The van der Waals surface area contributed by atoms with Crippen LogP contribution in [-0.2, 0) is 9.47 Å². The highest BCUT2D eigenvalue weighted by Gasteiger charge is 2.54.